The van der Waals surface area contributed by atoms with Gasteiger partial charge in [-0.05, 0) is 29.8 Å². The fourth-order valence-electron chi connectivity index (χ4n) is 1.92. The van der Waals surface area contributed by atoms with Crippen molar-refractivity contribution in [3.8, 4) is 21.7 Å². The highest BCUT2D eigenvalue weighted by Gasteiger charge is 2.16. The summed E-state index contributed by atoms with van der Waals surface area (Å²) < 4.78 is 1.74. The molecule has 0 saturated heterocycles. The van der Waals surface area contributed by atoms with Crippen LogP contribution in [-0.2, 0) is 0 Å². The Labute approximate surface area is 127 Å². The molecule has 0 aliphatic carbocycles. The van der Waals surface area contributed by atoms with E-state index in [4.69, 9.17) is 17.3 Å². The molecule has 0 spiro atoms. The maximum absolute atomic E-state index is 5.99. The van der Waals surface area contributed by atoms with Crippen LogP contribution in [-0.4, -0.2) is 10.2 Å². The summed E-state index contributed by atoms with van der Waals surface area (Å²) in [6, 6.07) is 11.8. The molecule has 0 amide bonds. The molecule has 1 aromatic carbocycles. The van der Waals surface area contributed by atoms with Gasteiger partial charge in [-0.15, -0.1) is 11.3 Å². The second-order valence-corrected chi connectivity index (χ2v) is 6.60. The lowest BCUT2D eigenvalue weighted by atomic mass is 10.0. The topological polar surface area (TPSA) is 54.7 Å². The summed E-state index contributed by atoms with van der Waals surface area (Å²) in [4.78, 5) is 1.02. The maximum atomic E-state index is 5.99. The Morgan fingerprint density at radius 3 is 2.79 bits per heavy atom. The lowest BCUT2D eigenvalue weighted by Crippen LogP contribution is -1.88. The van der Waals surface area contributed by atoms with E-state index in [1.54, 1.807) is 0 Å². The third kappa shape index (κ3) is 2.41. The molecule has 0 bridgehead atoms. The fraction of sp³-hybridized carbons (Fsp3) is 0. The predicted molar refractivity (Wildman–Crippen MR) is 84.5 cm³/mol. The minimum absolute atomic E-state index is 0.484. The lowest BCUT2D eigenvalue weighted by Gasteiger charge is -2.03. The smallest absolute Gasteiger partial charge is 0.153 e. The third-order valence-corrected chi connectivity index (χ3v) is 4.47. The Kier molecular flexibility index (Phi) is 3.35. The zero-order valence-electron chi connectivity index (χ0n) is 9.65. The Hall–Kier alpha value is -1.30. The quantitative estimate of drug-likeness (QED) is 0.694. The van der Waals surface area contributed by atoms with Crippen LogP contribution in [0, 0.1) is 0 Å². The summed E-state index contributed by atoms with van der Waals surface area (Å²) in [5.41, 5.74) is 8.79. The Morgan fingerprint density at radius 2 is 2.11 bits per heavy atom. The number of rotatable bonds is 2. The van der Waals surface area contributed by atoms with Gasteiger partial charge in [0.1, 0.15) is 0 Å². The number of aromatic amines is 1. The van der Waals surface area contributed by atoms with E-state index in [-0.39, 0.29) is 0 Å². The van der Waals surface area contributed by atoms with Crippen molar-refractivity contribution in [2.24, 2.45) is 0 Å². The second kappa shape index (κ2) is 5.00. The van der Waals surface area contributed by atoms with E-state index in [9.17, 15) is 0 Å². The summed E-state index contributed by atoms with van der Waals surface area (Å²) in [5.74, 6) is 0.484. The van der Waals surface area contributed by atoms with Crippen molar-refractivity contribution in [1.82, 2.24) is 10.2 Å². The standard InChI is InChI=1S/C13H9BrClN3S/c14-8-3-1-2-7(6-8)11-12(17-18-13(11)16)9-4-5-10(15)19-9/h1-6H,(H3,16,17,18). The number of nitrogens with zero attached hydrogens (tertiary/aromatic N) is 1. The van der Waals surface area contributed by atoms with Gasteiger partial charge in [0, 0.05) is 4.47 Å². The number of nitrogen functional groups attached to an aromatic ring is 1. The third-order valence-electron chi connectivity index (χ3n) is 2.73. The van der Waals surface area contributed by atoms with E-state index in [1.807, 2.05) is 36.4 Å². The Balaban J connectivity index is 2.19. The van der Waals surface area contributed by atoms with E-state index in [0.29, 0.717) is 5.82 Å². The van der Waals surface area contributed by atoms with E-state index in [1.165, 1.54) is 11.3 Å². The van der Waals surface area contributed by atoms with Gasteiger partial charge in [-0.3, -0.25) is 5.10 Å². The van der Waals surface area contributed by atoms with Crippen LogP contribution >= 0.6 is 38.9 Å². The van der Waals surface area contributed by atoms with Crippen LogP contribution in [0.15, 0.2) is 40.9 Å². The van der Waals surface area contributed by atoms with Crippen LogP contribution in [0.1, 0.15) is 0 Å². The SMILES string of the molecule is Nc1n[nH]c(-c2ccc(Cl)s2)c1-c1cccc(Br)c1. The molecule has 96 valence electrons. The Morgan fingerprint density at radius 1 is 1.26 bits per heavy atom. The number of nitrogens with one attached hydrogen (secondary N) is 1. The molecule has 2 aromatic heterocycles. The number of H-pyrrole nitrogens is 1. The number of benzene rings is 1. The van der Waals surface area contributed by atoms with Crippen molar-refractivity contribution in [1.29, 1.82) is 0 Å². The van der Waals surface area contributed by atoms with Crippen molar-refractivity contribution in [2.45, 2.75) is 0 Å². The monoisotopic (exact) mass is 353 g/mol. The predicted octanol–water partition coefficient (Wildman–Crippen LogP) is 4.80. The van der Waals surface area contributed by atoms with Gasteiger partial charge in [0.25, 0.3) is 0 Å². The first-order chi connectivity index (χ1) is 9.15. The number of nitrogens with two attached hydrogens (primary N) is 1. The zero-order valence-corrected chi connectivity index (χ0v) is 12.8. The average Bonchev–Trinajstić information content (AvgIpc) is 2.95. The molecule has 2 heterocycles. The van der Waals surface area contributed by atoms with Crippen molar-refractivity contribution >= 4 is 44.7 Å². The number of hydrogen-bond donors (Lipinski definition) is 2. The van der Waals surface area contributed by atoms with Crippen LogP contribution in [0.2, 0.25) is 4.34 Å². The van der Waals surface area contributed by atoms with E-state index >= 15 is 0 Å². The molecule has 0 saturated carbocycles. The largest absolute Gasteiger partial charge is 0.382 e. The summed E-state index contributed by atoms with van der Waals surface area (Å²) in [5, 5.41) is 7.09. The van der Waals surface area contributed by atoms with Crippen LogP contribution in [0.3, 0.4) is 0 Å². The van der Waals surface area contributed by atoms with Crippen LogP contribution < -0.4 is 5.73 Å². The van der Waals surface area contributed by atoms with E-state index in [0.717, 1.165) is 30.5 Å². The summed E-state index contributed by atoms with van der Waals surface area (Å²) in [7, 11) is 0. The normalized spacial score (nSPS) is 10.8. The fourth-order valence-corrected chi connectivity index (χ4v) is 3.36. The second-order valence-electron chi connectivity index (χ2n) is 3.97. The van der Waals surface area contributed by atoms with Gasteiger partial charge in [0.15, 0.2) is 5.82 Å². The molecule has 0 aliphatic rings. The number of halogens is 2. The van der Waals surface area contributed by atoms with Crippen molar-refractivity contribution in [3.05, 3.63) is 45.2 Å². The molecule has 0 radical (unpaired) electrons. The van der Waals surface area contributed by atoms with Crippen molar-refractivity contribution < 1.29 is 0 Å². The summed E-state index contributed by atoms with van der Waals surface area (Å²) in [6.07, 6.45) is 0. The molecule has 3 aromatic rings. The first kappa shape index (κ1) is 12.7. The minimum atomic E-state index is 0.484. The molecule has 0 fully saturated rings. The first-order valence-corrected chi connectivity index (χ1v) is 7.49. The zero-order chi connectivity index (χ0) is 13.4. The molecule has 3 N–H and O–H groups in total. The molecular formula is C13H9BrClN3S. The number of thiophene rings is 1. The summed E-state index contributed by atoms with van der Waals surface area (Å²) >= 11 is 10.9. The number of anilines is 1. The average molecular weight is 355 g/mol. The van der Waals surface area contributed by atoms with Crippen molar-refractivity contribution in [3.63, 3.8) is 0 Å². The van der Waals surface area contributed by atoms with Gasteiger partial charge in [0.2, 0.25) is 0 Å². The van der Waals surface area contributed by atoms with E-state index < -0.39 is 0 Å². The molecule has 0 atom stereocenters. The molecule has 6 heteroatoms. The molecule has 3 rings (SSSR count). The molecular weight excluding hydrogens is 346 g/mol. The Bertz CT molecular complexity index is 735. The summed E-state index contributed by atoms with van der Waals surface area (Å²) in [6.45, 7) is 0. The maximum Gasteiger partial charge on any atom is 0.153 e. The van der Waals surface area contributed by atoms with Crippen LogP contribution in [0.25, 0.3) is 21.7 Å². The minimum Gasteiger partial charge on any atom is -0.382 e. The lowest BCUT2D eigenvalue weighted by molar-refractivity contribution is 1.11. The van der Waals surface area contributed by atoms with Crippen LogP contribution in [0.4, 0.5) is 5.82 Å². The molecule has 3 nitrogen and oxygen atoms in total. The highest BCUT2D eigenvalue weighted by atomic mass is 79.9. The molecule has 0 aliphatic heterocycles. The molecule has 0 unspecified atom stereocenters. The first-order valence-electron chi connectivity index (χ1n) is 5.50. The van der Waals surface area contributed by atoms with Gasteiger partial charge in [-0.1, -0.05) is 39.7 Å². The van der Waals surface area contributed by atoms with Gasteiger partial charge < -0.3 is 5.73 Å². The van der Waals surface area contributed by atoms with E-state index in [2.05, 4.69) is 26.1 Å². The highest BCUT2D eigenvalue weighted by molar-refractivity contribution is 9.10. The van der Waals surface area contributed by atoms with Crippen molar-refractivity contribution in [2.75, 3.05) is 5.73 Å². The molecule has 19 heavy (non-hydrogen) atoms. The number of aromatic nitrogens is 2. The van der Waals surface area contributed by atoms with Crippen LogP contribution in [0.5, 0.6) is 0 Å². The van der Waals surface area contributed by atoms with Gasteiger partial charge >= 0.3 is 0 Å². The number of hydrogen-bond acceptors (Lipinski definition) is 3. The van der Waals surface area contributed by atoms with Gasteiger partial charge in [0.05, 0.1) is 20.5 Å². The van der Waals surface area contributed by atoms with Gasteiger partial charge in [-0.25, -0.2) is 0 Å². The van der Waals surface area contributed by atoms with Gasteiger partial charge in [-0.2, -0.15) is 5.10 Å². The highest BCUT2D eigenvalue weighted by Crippen LogP contribution is 2.39.